The summed E-state index contributed by atoms with van der Waals surface area (Å²) in [6, 6.07) is 4.61. The van der Waals surface area contributed by atoms with Gasteiger partial charge >= 0.3 is 5.97 Å². The zero-order valence-corrected chi connectivity index (χ0v) is 7.51. The van der Waals surface area contributed by atoms with Crippen molar-refractivity contribution in [3.8, 4) is 0 Å². The minimum Gasteiger partial charge on any atom is -0.478 e. The van der Waals surface area contributed by atoms with Crippen LogP contribution in [0.4, 0.5) is 13.2 Å². The van der Waals surface area contributed by atoms with E-state index in [1.165, 1.54) is 18.2 Å². The molecule has 0 saturated heterocycles. The van der Waals surface area contributed by atoms with Crippen molar-refractivity contribution in [2.75, 3.05) is 0 Å². The van der Waals surface area contributed by atoms with E-state index < -0.39 is 24.0 Å². The molecule has 80 valence electrons. The number of carboxylic acid groups (broad SMARTS) is 1. The molecule has 1 aromatic rings. The third kappa shape index (κ3) is 1.38. The number of carbonyl (C=O) groups is 1. The van der Waals surface area contributed by atoms with E-state index in [1.54, 1.807) is 0 Å². The largest absolute Gasteiger partial charge is 0.478 e. The molecule has 2 nitrogen and oxygen atoms in total. The summed E-state index contributed by atoms with van der Waals surface area (Å²) in [5.74, 6) is -4.63. The SMILES string of the molecule is O=C(O)c1cccc(C2(F)CC2(F)F)c1. The quantitative estimate of drug-likeness (QED) is 0.824. The number of hydrogen-bond acceptors (Lipinski definition) is 1. The molecule has 0 radical (unpaired) electrons. The molecule has 0 aromatic heterocycles. The van der Waals surface area contributed by atoms with Gasteiger partial charge in [-0.2, -0.15) is 0 Å². The standard InChI is InChI=1S/C10H7F3O2/c11-9(5-10(9,12)13)7-3-1-2-6(4-7)8(14)15/h1-4H,5H2,(H,14,15). The summed E-state index contributed by atoms with van der Waals surface area (Å²) in [5.41, 5.74) is -3.14. The van der Waals surface area contributed by atoms with Crippen LogP contribution in [-0.4, -0.2) is 17.0 Å². The second-order valence-corrected chi connectivity index (χ2v) is 3.57. The Hall–Kier alpha value is -1.52. The van der Waals surface area contributed by atoms with Gasteiger partial charge in [0.1, 0.15) is 0 Å². The molecule has 0 bridgehead atoms. The third-order valence-electron chi connectivity index (χ3n) is 2.49. The van der Waals surface area contributed by atoms with Crippen molar-refractivity contribution < 1.29 is 23.1 Å². The van der Waals surface area contributed by atoms with E-state index in [4.69, 9.17) is 5.11 Å². The van der Waals surface area contributed by atoms with Gasteiger partial charge in [0.05, 0.1) is 12.0 Å². The van der Waals surface area contributed by atoms with Crippen LogP contribution in [-0.2, 0) is 5.67 Å². The predicted molar refractivity (Wildman–Crippen MR) is 45.8 cm³/mol. The van der Waals surface area contributed by atoms with Crippen LogP contribution in [0.2, 0.25) is 0 Å². The van der Waals surface area contributed by atoms with E-state index in [-0.39, 0.29) is 11.1 Å². The molecule has 1 aliphatic carbocycles. The van der Waals surface area contributed by atoms with Crippen LogP contribution < -0.4 is 0 Å². The highest BCUT2D eigenvalue weighted by atomic mass is 19.3. The Balaban J connectivity index is 2.39. The number of benzene rings is 1. The lowest BCUT2D eigenvalue weighted by atomic mass is 10.1. The fourth-order valence-corrected chi connectivity index (χ4v) is 1.47. The van der Waals surface area contributed by atoms with Gasteiger partial charge in [-0.3, -0.25) is 0 Å². The molecule has 0 amide bonds. The molecule has 1 saturated carbocycles. The van der Waals surface area contributed by atoms with Crippen LogP contribution in [0.15, 0.2) is 24.3 Å². The summed E-state index contributed by atoms with van der Waals surface area (Å²) < 4.78 is 38.9. The van der Waals surface area contributed by atoms with E-state index in [0.29, 0.717) is 0 Å². The summed E-state index contributed by atoms with van der Waals surface area (Å²) in [7, 11) is 0. The van der Waals surface area contributed by atoms with Gasteiger partial charge in [0.2, 0.25) is 5.67 Å². The van der Waals surface area contributed by atoms with Gasteiger partial charge < -0.3 is 5.11 Å². The normalized spacial score (nSPS) is 27.4. The molecule has 0 heterocycles. The molecule has 2 rings (SSSR count). The average Bonchev–Trinajstić information content (AvgIpc) is 2.68. The zero-order valence-electron chi connectivity index (χ0n) is 7.51. The number of aromatic carboxylic acids is 1. The van der Waals surface area contributed by atoms with Crippen LogP contribution in [0, 0.1) is 0 Å². The Kier molecular flexibility index (Phi) is 1.83. The molecule has 0 spiro atoms. The fourth-order valence-electron chi connectivity index (χ4n) is 1.47. The first kappa shape index (κ1) is 10.0. The van der Waals surface area contributed by atoms with Crippen LogP contribution in [0.25, 0.3) is 0 Å². The molecule has 1 aromatic carbocycles. The number of alkyl halides is 3. The molecule has 1 unspecified atom stereocenters. The Bertz CT molecular complexity index is 430. The molecule has 1 atom stereocenters. The van der Waals surface area contributed by atoms with Gasteiger partial charge in [-0.1, -0.05) is 12.1 Å². The van der Waals surface area contributed by atoms with Crippen LogP contribution in [0.3, 0.4) is 0 Å². The first-order valence-corrected chi connectivity index (χ1v) is 4.27. The maximum absolute atomic E-state index is 13.5. The van der Waals surface area contributed by atoms with Gasteiger partial charge in [0.25, 0.3) is 5.92 Å². The number of halogens is 3. The fraction of sp³-hybridized carbons (Fsp3) is 0.300. The number of rotatable bonds is 2. The van der Waals surface area contributed by atoms with E-state index in [9.17, 15) is 18.0 Å². The third-order valence-corrected chi connectivity index (χ3v) is 2.49. The van der Waals surface area contributed by atoms with Gasteiger partial charge in [-0.25, -0.2) is 18.0 Å². The van der Waals surface area contributed by atoms with E-state index in [1.807, 2.05) is 0 Å². The molecule has 15 heavy (non-hydrogen) atoms. The molecule has 1 N–H and O–H groups in total. The molecular formula is C10H7F3O2. The lowest BCUT2D eigenvalue weighted by molar-refractivity contribution is 0.0419. The molecule has 5 heteroatoms. The van der Waals surface area contributed by atoms with Gasteiger partial charge in [0, 0.05) is 0 Å². The molecule has 0 aliphatic heterocycles. The van der Waals surface area contributed by atoms with Crippen molar-refractivity contribution in [1.29, 1.82) is 0 Å². The molecule has 1 fully saturated rings. The first-order chi connectivity index (χ1) is 6.87. The van der Waals surface area contributed by atoms with Crippen molar-refractivity contribution in [2.24, 2.45) is 0 Å². The highest BCUT2D eigenvalue weighted by Crippen LogP contribution is 2.62. The smallest absolute Gasteiger partial charge is 0.335 e. The Morgan fingerprint density at radius 2 is 1.93 bits per heavy atom. The van der Waals surface area contributed by atoms with Crippen molar-refractivity contribution in [1.82, 2.24) is 0 Å². The van der Waals surface area contributed by atoms with Gasteiger partial charge in [0.15, 0.2) is 0 Å². The minimum atomic E-state index is -3.37. The Morgan fingerprint density at radius 3 is 2.40 bits per heavy atom. The maximum Gasteiger partial charge on any atom is 0.335 e. The van der Waals surface area contributed by atoms with Crippen molar-refractivity contribution in [3.05, 3.63) is 35.4 Å². The highest BCUT2D eigenvalue weighted by molar-refractivity contribution is 5.87. The maximum atomic E-state index is 13.5. The second kappa shape index (κ2) is 2.74. The summed E-state index contributed by atoms with van der Waals surface area (Å²) in [5, 5.41) is 8.62. The second-order valence-electron chi connectivity index (χ2n) is 3.57. The summed E-state index contributed by atoms with van der Waals surface area (Å²) in [6.45, 7) is 0. The van der Waals surface area contributed by atoms with Crippen molar-refractivity contribution >= 4 is 5.97 Å². The van der Waals surface area contributed by atoms with Crippen LogP contribution in [0.5, 0.6) is 0 Å². The predicted octanol–water partition coefficient (Wildman–Crippen LogP) is 2.59. The summed E-state index contributed by atoms with van der Waals surface area (Å²) in [4.78, 5) is 10.6. The van der Waals surface area contributed by atoms with E-state index in [0.717, 1.165) is 6.07 Å². The van der Waals surface area contributed by atoms with Gasteiger partial charge in [-0.05, 0) is 17.7 Å². The lowest BCUT2D eigenvalue weighted by Gasteiger charge is -2.07. The topological polar surface area (TPSA) is 37.3 Å². The van der Waals surface area contributed by atoms with Crippen LogP contribution in [0.1, 0.15) is 22.3 Å². The first-order valence-electron chi connectivity index (χ1n) is 4.27. The zero-order chi connectivity index (χ0) is 11.3. The van der Waals surface area contributed by atoms with Crippen molar-refractivity contribution in [2.45, 2.75) is 18.0 Å². The monoisotopic (exact) mass is 216 g/mol. The molecule has 1 aliphatic rings. The Morgan fingerprint density at radius 1 is 1.33 bits per heavy atom. The van der Waals surface area contributed by atoms with Crippen molar-refractivity contribution in [3.63, 3.8) is 0 Å². The average molecular weight is 216 g/mol. The number of hydrogen-bond donors (Lipinski definition) is 1. The Labute approximate surface area is 83.3 Å². The minimum absolute atomic E-state index is 0.188. The summed E-state index contributed by atoms with van der Waals surface area (Å²) in [6.07, 6.45) is -0.872. The lowest BCUT2D eigenvalue weighted by Crippen LogP contribution is -2.11. The van der Waals surface area contributed by atoms with E-state index in [2.05, 4.69) is 0 Å². The van der Waals surface area contributed by atoms with Gasteiger partial charge in [-0.15, -0.1) is 0 Å². The molecular weight excluding hydrogens is 209 g/mol. The highest BCUT2D eigenvalue weighted by Gasteiger charge is 2.74. The number of carboxylic acids is 1. The summed E-state index contributed by atoms with van der Waals surface area (Å²) >= 11 is 0. The van der Waals surface area contributed by atoms with Crippen LogP contribution >= 0.6 is 0 Å². The van der Waals surface area contributed by atoms with E-state index >= 15 is 0 Å².